The van der Waals surface area contributed by atoms with E-state index in [0.717, 1.165) is 36.2 Å². The molecular formula is C27H40N4OS. The van der Waals surface area contributed by atoms with Gasteiger partial charge in [-0.3, -0.25) is 0 Å². The van der Waals surface area contributed by atoms with Crippen LogP contribution in [0.25, 0.3) is 0 Å². The molecule has 2 N–H and O–H groups in total. The van der Waals surface area contributed by atoms with Crippen molar-refractivity contribution >= 4 is 17.7 Å². The molecule has 0 radical (unpaired) electrons. The summed E-state index contributed by atoms with van der Waals surface area (Å²) in [4.78, 5) is 12.4. The number of nitrogens with zero attached hydrogens (tertiary/aromatic N) is 3. The van der Waals surface area contributed by atoms with E-state index in [4.69, 9.17) is 0 Å². The van der Waals surface area contributed by atoms with E-state index < -0.39 is 5.60 Å². The fraction of sp³-hybridized carbons (Fsp3) is 0.556. The van der Waals surface area contributed by atoms with Gasteiger partial charge in [-0.1, -0.05) is 57.0 Å². The third-order valence-corrected chi connectivity index (χ3v) is 8.20. The zero-order valence-corrected chi connectivity index (χ0v) is 21.7. The van der Waals surface area contributed by atoms with Gasteiger partial charge in [0.1, 0.15) is 5.37 Å². The average Bonchev–Trinajstić information content (AvgIpc) is 3.09. The number of thioether (sulfide) groups is 1. The summed E-state index contributed by atoms with van der Waals surface area (Å²) in [6.45, 7) is 12.5. The van der Waals surface area contributed by atoms with Crippen molar-refractivity contribution < 1.29 is 5.11 Å². The smallest absolute Gasteiger partial charge is 0.227 e. The Morgan fingerprint density at radius 1 is 1.33 bits per heavy atom. The standard InChI is InChI=1S/C27H40N4OS/c1-7-8-9-14-27(5,32)25-31(6)18-24(33-25)20(3)16-19(2)17-21(4)29-26-28-15-13-23(30-26)22-11-10-12-22/h13,15-18,22,25,32H,4,7-12,14H2,1-3,5-6H3,(H,28,29,30)/b19-17-,20-16+. The molecule has 2 aliphatic rings. The molecule has 33 heavy (non-hydrogen) atoms. The number of likely N-dealkylation sites (N-methyl/N-ethyl adjacent to an activating group) is 1. The summed E-state index contributed by atoms with van der Waals surface area (Å²) in [5, 5.41) is 14.3. The van der Waals surface area contributed by atoms with E-state index >= 15 is 0 Å². The molecule has 0 amide bonds. The fourth-order valence-corrected chi connectivity index (χ4v) is 5.69. The second-order valence-electron chi connectivity index (χ2n) is 9.74. The summed E-state index contributed by atoms with van der Waals surface area (Å²) in [6, 6.07) is 2.02. The van der Waals surface area contributed by atoms with Gasteiger partial charge >= 0.3 is 0 Å². The Morgan fingerprint density at radius 2 is 2.09 bits per heavy atom. The van der Waals surface area contributed by atoms with E-state index in [9.17, 15) is 5.11 Å². The summed E-state index contributed by atoms with van der Waals surface area (Å²) in [5.74, 6) is 1.19. The van der Waals surface area contributed by atoms with Gasteiger partial charge in [0, 0.05) is 41.7 Å². The predicted molar refractivity (Wildman–Crippen MR) is 141 cm³/mol. The molecule has 0 aromatic carbocycles. The van der Waals surface area contributed by atoms with Gasteiger partial charge in [0.05, 0.1) is 5.60 Å². The van der Waals surface area contributed by atoms with Crippen molar-refractivity contribution in [1.82, 2.24) is 14.9 Å². The molecule has 0 saturated heterocycles. The van der Waals surface area contributed by atoms with Crippen LogP contribution in [0.5, 0.6) is 0 Å². The van der Waals surface area contributed by atoms with Crippen molar-refractivity contribution in [1.29, 1.82) is 0 Å². The van der Waals surface area contributed by atoms with E-state index in [-0.39, 0.29) is 5.37 Å². The Balaban J connectivity index is 1.59. The van der Waals surface area contributed by atoms with Crippen molar-refractivity contribution in [2.75, 3.05) is 12.4 Å². The molecule has 5 nitrogen and oxygen atoms in total. The molecular weight excluding hydrogens is 428 g/mol. The molecule has 6 heteroatoms. The van der Waals surface area contributed by atoms with Gasteiger partial charge in [0.2, 0.25) is 5.95 Å². The Hall–Kier alpha value is -2.05. The molecule has 1 aromatic heterocycles. The van der Waals surface area contributed by atoms with Gasteiger partial charge in [-0.25, -0.2) is 9.97 Å². The lowest BCUT2D eigenvalue weighted by Crippen LogP contribution is -2.43. The van der Waals surface area contributed by atoms with Gasteiger partial charge in [-0.15, -0.1) is 0 Å². The number of nitrogens with one attached hydrogen (secondary N) is 1. The molecule has 1 fully saturated rings. The fourth-order valence-electron chi connectivity index (χ4n) is 4.38. The third-order valence-electron chi connectivity index (χ3n) is 6.46. The number of rotatable bonds is 11. The minimum atomic E-state index is -0.718. The molecule has 1 aromatic rings. The third kappa shape index (κ3) is 6.97. The molecule has 0 bridgehead atoms. The Bertz CT molecular complexity index is 930. The van der Waals surface area contributed by atoms with E-state index in [1.165, 1.54) is 36.2 Å². The molecule has 2 unspecified atom stereocenters. The van der Waals surface area contributed by atoms with Crippen LogP contribution in [0.3, 0.4) is 0 Å². The van der Waals surface area contributed by atoms with Crippen LogP contribution in [0.4, 0.5) is 5.95 Å². The summed E-state index contributed by atoms with van der Waals surface area (Å²) in [5.41, 5.74) is 3.46. The number of aliphatic hydroxyl groups is 1. The number of hydrogen-bond donors (Lipinski definition) is 2. The highest BCUT2D eigenvalue weighted by molar-refractivity contribution is 8.04. The zero-order chi connectivity index (χ0) is 24.0. The average molecular weight is 469 g/mol. The van der Waals surface area contributed by atoms with Crippen molar-refractivity contribution in [3.8, 4) is 0 Å². The quantitative estimate of drug-likeness (QED) is 0.277. The van der Waals surface area contributed by atoms with Gasteiger partial charge in [0.25, 0.3) is 0 Å². The largest absolute Gasteiger partial charge is 0.387 e. The summed E-state index contributed by atoms with van der Waals surface area (Å²) in [6.07, 6.45) is 16.1. The minimum absolute atomic E-state index is 0.0358. The van der Waals surface area contributed by atoms with E-state index in [0.29, 0.717) is 11.9 Å². The molecule has 0 spiro atoms. The van der Waals surface area contributed by atoms with Crippen LogP contribution >= 0.6 is 11.8 Å². The second-order valence-corrected chi connectivity index (χ2v) is 10.9. The van der Waals surface area contributed by atoms with Crippen LogP contribution in [0.15, 0.2) is 58.9 Å². The summed E-state index contributed by atoms with van der Waals surface area (Å²) < 4.78 is 0. The lowest BCUT2D eigenvalue weighted by Gasteiger charge is -2.34. The maximum Gasteiger partial charge on any atom is 0.227 e. The maximum absolute atomic E-state index is 11.1. The zero-order valence-electron chi connectivity index (χ0n) is 20.9. The first-order chi connectivity index (χ1) is 15.7. The summed E-state index contributed by atoms with van der Waals surface area (Å²) >= 11 is 1.75. The highest BCUT2D eigenvalue weighted by atomic mass is 32.2. The SMILES string of the molecule is C=C(/C=C(C)\C=C(/C)C1=CN(C)C(C(C)(O)CCCCC)S1)Nc1nccc(C2CCC2)n1. The van der Waals surface area contributed by atoms with Crippen molar-refractivity contribution in [3.63, 3.8) is 0 Å². The molecule has 1 saturated carbocycles. The lowest BCUT2D eigenvalue weighted by atomic mass is 9.83. The van der Waals surface area contributed by atoms with Crippen LogP contribution in [0.1, 0.15) is 84.3 Å². The molecule has 2 heterocycles. The van der Waals surface area contributed by atoms with Crippen LogP contribution < -0.4 is 5.32 Å². The van der Waals surface area contributed by atoms with Gasteiger partial charge < -0.3 is 15.3 Å². The predicted octanol–water partition coefficient (Wildman–Crippen LogP) is 6.74. The van der Waals surface area contributed by atoms with Crippen molar-refractivity contribution in [2.45, 2.75) is 89.5 Å². The van der Waals surface area contributed by atoms with Crippen LogP contribution in [-0.4, -0.2) is 38.0 Å². The normalized spacial score (nSPS) is 21.5. The first-order valence-electron chi connectivity index (χ1n) is 12.2. The summed E-state index contributed by atoms with van der Waals surface area (Å²) in [7, 11) is 2.05. The van der Waals surface area contributed by atoms with Crippen LogP contribution in [0, 0.1) is 0 Å². The van der Waals surface area contributed by atoms with Crippen LogP contribution in [-0.2, 0) is 0 Å². The van der Waals surface area contributed by atoms with Gasteiger partial charge in [-0.2, -0.15) is 0 Å². The first kappa shape index (κ1) is 25.6. The number of unbranched alkanes of at least 4 members (excludes halogenated alkanes) is 2. The van der Waals surface area contributed by atoms with Crippen molar-refractivity contribution in [2.24, 2.45) is 0 Å². The number of allylic oxidation sites excluding steroid dienone is 4. The Kier molecular flexibility index (Phi) is 8.82. The highest BCUT2D eigenvalue weighted by Gasteiger charge is 2.38. The van der Waals surface area contributed by atoms with Crippen LogP contribution in [0.2, 0.25) is 0 Å². The lowest BCUT2D eigenvalue weighted by molar-refractivity contribution is 0.0153. The Morgan fingerprint density at radius 3 is 2.76 bits per heavy atom. The maximum atomic E-state index is 11.1. The topological polar surface area (TPSA) is 61.3 Å². The molecule has 1 aliphatic carbocycles. The monoisotopic (exact) mass is 468 g/mol. The number of aromatic nitrogens is 2. The Labute approximate surface area is 204 Å². The van der Waals surface area contributed by atoms with Gasteiger partial charge in [0.15, 0.2) is 0 Å². The molecule has 2 atom stereocenters. The van der Waals surface area contributed by atoms with E-state index in [1.807, 2.05) is 25.3 Å². The van der Waals surface area contributed by atoms with E-state index in [2.05, 4.69) is 66.9 Å². The number of anilines is 1. The second kappa shape index (κ2) is 11.4. The minimum Gasteiger partial charge on any atom is -0.387 e. The highest BCUT2D eigenvalue weighted by Crippen LogP contribution is 2.43. The first-order valence-corrected chi connectivity index (χ1v) is 13.1. The molecule has 180 valence electrons. The molecule has 3 rings (SSSR count). The van der Waals surface area contributed by atoms with E-state index in [1.54, 1.807) is 11.8 Å². The van der Waals surface area contributed by atoms with Crippen molar-refractivity contribution in [3.05, 3.63) is 64.6 Å². The molecule has 1 aliphatic heterocycles. The number of hydrogen-bond acceptors (Lipinski definition) is 6. The van der Waals surface area contributed by atoms with Gasteiger partial charge in [-0.05, 0) is 63.3 Å².